The van der Waals surface area contributed by atoms with Crippen molar-refractivity contribution in [2.75, 3.05) is 20.6 Å². The number of likely N-dealkylation sites (N-methyl/N-ethyl adjacent to an activating group) is 1. The maximum Gasteiger partial charge on any atom is 0.236 e. The first-order valence-corrected chi connectivity index (χ1v) is 5.09. The van der Waals surface area contributed by atoms with Gasteiger partial charge in [0.1, 0.15) is 0 Å². The lowest BCUT2D eigenvalue weighted by atomic mass is 10.1. The summed E-state index contributed by atoms with van der Waals surface area (Å²) >= 11 is 0. The molecular formula is C12H18N2O. The van der Waals surface area contributed by atoms with Gasteiger partial charge < -0.3 is 10.2 Å². The second-order valence-corrected chi connectivity index (χ2v) is 3.80. The van der Waals surface area contributed by atoms with E-state index in [9.17, 15) is 4.79 Å². The number of benzene rings is 1. The number of nitrogens with one attached hydrogen (secondary N) is 1. The van der Waals surface area contributed by atoms with Gasteiger partial charge in [-0.15, -0.1) is 0 Å². The normalized spacial score (nSPS) is 12.2. The summed E-state index contributed by atoms with van der Waals surface area (Å²) in [5.74, 6) is 0.0952. The van der Waals surface area contributed by atoms with E-state index in [2.05, 4.69) is 24.4 Å². The Labute approximate surface area is 91.1 Å². The SMILES string of the molecule is C[C@@H](NCC(=O)N(C)C)c1ccccc1. The van der Waals surface area contributed by atoms with Gasteiger partial charge in [-0.3, -0.25) is 4.79 Å². The predicted molar refractivity (Wildman–Crippen MR) is 61.6 cm³/mol. The van der Waals surface area contributed by atoms with Crippen LogP contribution in [-0.4, -0.2) is 31.4 Å². The van der Waals surface area contributed by atoms with Gasteiger partial charge in [-0.1, -0.05) is 30.3 Å². The fraction of sp³-hybridized carbons (Fsp3) is 0.417. The van der Waals surface area contributed by atoms with E-state index in [0.29, 0.717) is 6.54 Å². The van der Waals surface area contributed by atoms with E-state index in [0.717, 1.165) is 0 Å². The van der Waals surface area contributed by atoms with Crippen LogP contribution in [0.4, 0.5) is 0 Å². The second kappa shape index (κ2) is 5.51. The first kappa shape index (κ1) is 11.7. The highest BCUT2D eigenvalue weighted by atomic mass is 16.2. The van der Waals surface area contributed by atoms with E-state index in [1.54, 1.807) is 19.0 Å². The van der Waals surface area contributed by atoms with Crippen LogP contribution >= 0.6 is 0 Å². The molecule has 0 aliphatic carbocycles. The number of carbonyl (C=O) groups is 1. The van der Waals surface area contributed by atoms with Crippen LogP contribution in [0.3, 0.4) is 0 Å². The second-order valence-electron chi connectivity index (χ2n) is 3.80. The van der Waals surface area contributed by atoms with Gasteiger partial charge in [0, 0.05) is 20.1 Å². The molecular weight excluding hydrogens is 188 g/mol. The van der Waals surface area contributed by atoms with E-state index < -0.39 is 0 Å². The number of hydrogen-bond donors (Lipinski definition) is 1. The molecule has 1 atom stereocenters. The van der Waals surface area contributed by atoms with Crippen molar-refractivity contribution in [1.29, 1.82) is 0 Å². The van der Waals surface area contributed by atoms with Gasteiger partial charge in [0.25, 0.3) is 0 Å². The third-order valence-electron chi connectivity index (χ3n) is 2.36. The summed E-state index contributed by atoms with van der Waals surface area (Å²) in [6.45, 7) is 2.43. The van der Waals surface area contributed by atoms with Crippen molar-refractivity contribution in [3.8, 4) is 0 Å². The van der Waals surface area contributed by atoms with Crippen LogP contribution in [0.25, 0.3) is 0 Å². The average Bonchev–Trinajstić information content (AvgIpc) is 2.26. The third kappa shape index (κ3) is 3.72. The minimum absolute atomic E-state index is 0.0952. The fourth-order valence-electron chi connectivity index (χ4n) is 1.26. The lowest BCUT2D eigenvalue weighted by Gasteiger charge is -2.16. The number of carbonyl (C=O) groups excluding carboxylic acids is 1. The molecule has 3 heteroatoms. The lowest BCUT2D eigenvalue weighted by Crippen LogP contribution is -2.34. The Kier molecular flexibility index (Phi) is 4.31. The van der Waals surface area contributed by atoms with Crippen molar-refractivity contribution < 1.29 is 4.79 Å². The first-order valence-electron chi connectivity index (χ1n) is 5.09. The Morgan fingerprint density at radius 3 is 2.47 bits per heavy atom. The van der Waals surface area contributed by atoms with Gasteiger partial charge in [0.2, 0.25) is 5.91 Å². The average molecular weight is 206 g/mol. The molecule has 1 amide bonds. The molecule has 0 saturated heterocycles. The summed E-state index contributed by atoms with van der Waals surface area (Å²) in [4.78, 5) is 12.9. The van der Waals surface area contributed by atoms with Gasteiger partial charge in [-0.25, -0.2) is 0 Å². The minimum atomic E-state index is 0.0952. The van der Waals surface area contributed by atoms with Gasteiger partial charge in [0.15, 0.2) is 0 Å². The quantitative estimate of drug-likeness (QED) is 0.808. The molecule has 0 saturated carbocycles. The van der Waals surface area contributed by atoms with Crippen molar-refractivity contribution in [2.45, 2.75) is 13.0 Å². The summed E-state index contributed by atoms with van der Waals surface area (Å²) in [6.07, 6.45) is 0. The molecule has 15 heavy (non-hydrogen) atoms. The predicted octanol–water partition coefficient (Wildman–Crippen LogP) is 1.43. The molecule has 0 unspecified atom stereocenters. The molecule has 0 radical (unpaired) electrons. The van der Waals surface area contributed by atoms with Crippen molar-refractivity contribution in [3.63, 3.8) is 0 Å². The minimum Gasteiger partial charge on any atom is -0.348 e. The Balaban J connectivity index is 2.44. The van der Waals surface area contributed by atoms with Crippen molar-refractivity contribution >= 4 is 5.91 Å². The highest BCUT2D eigenvalue weighted by Gasteiger charge is 2.07. The first-order chi connectivity index (χ1) is 7.11. The molecule has 0 aromatic heterocycles. The topological polar surface area (TPSA) is 32.3 Å². The van der Waals surface area contributed by atoms with E-state index >= 15 is 0 Å². The van der Waals surface area contributed by atoms with E-state index in [1.807, 2.05) is 18.2 Å². The highest BCUT2D eigenvalue weighted by Crippen LogP contribution is 2.10. The summed E-state index contributed by atoms with van der Waals surface area (Å²) in [5, 5.41) is 3.19. The molecule has 0 aliphatic rings. The van der Waals surface area contributed by atoms with Gasteiger partial charge in [-0.05, 0) is 12.5 Å². The van der Waals surface area contributed by atoms with Crippen LogP contribution < -0.4 is 5.32 Å². The summed E-state index contributed by atoms with van der Waals surface area (Å²) in [7, 11) is 3.52. The maximum atomic E-state index is 11.3. The van der Waals surface area contributed by atoms with Gasteiger partial charge >= 0.3 is 0 Å². The molecule has 1 N–H and O–H groups in total. The smallest absolute Gasteiger partial charge is 0.236 e. The standard InChI is InChI=1S/C12H18N2O/c1-10(11-7-5-4-6-8-11)13-9-12(15)14(2)3/h4-8,10,13H,9H2,1-3H3/t10-/m1/s1. The van der Waals surface area contributed by atoms with Gasteiger partial charge in [-0.2, -0.15) is 0 Å². The van der Waals surface area contributed by atoms with Crippen LogP contribution in [-0.2, 0) is 4.79 Å². The zero-order valence-corrected chi connectivity index (χ0v) is 9.53. The molecule has 0 spiro atoms. The number of rotatable bonds is 4. The van der Waals surface area contributed by atoms with Crippen molar-refractivity contribution in [3.05, 3.63) is 35.9 Å². The molecule has 1 aromatic rings. The highest BCUT2D eigenvalue weighted by molar-refractivity contribution is 5.77. The number of nitrogens with zero attached hydrogens (tertiary/aromatic N) is 1. The van der Waals surface area contributed by atoms with E-state index in [1.165, 1.54) is 5.56 Å². The monoisotopic (exact) mass is 206 g/mol. The van der Waals surface area contributed by atoms with Crippen LogP contribution in [0.2, 0.25) is 0 Å². The molecule has 1 rings (SSSR count). The summed E-state index contributed by atoms with van der Waals surface area (Å²) in [5.41, 5.74) is 1.20. The van der Waals surface area contributed by atoms with Crippen LogP contribution in [0.15, 0.2) is 30.3 Å². The Morgan fingerprint density at radius 2 is 1.93 bits per heavy atom. The van der Waals surface area contributed by atoms with Gasteiger partial charge in [0.05, 0.1) is 6.54 Å². The molecule has 82 valence electrons. The Hall–Kier alpha value is -1.35. The maximum absolute atomic E-state index is 11.3. The molecule has 0 fully saturated rings. The fourth-order valence-corrected chi connectivity index (χ4v) is 1.26. The Bertz CT molecular complexity index is 309. The van der Waals surface area contributed by atoms with Crippen LogP contribution in [0.5, 0.6) is 0 Å². The summed E-state index contributed by atoms with van der Waals surface area (Å²) in [6, 6.07) is 10.3. The molecule has 0 bridgehead atoms. The van der Waals surface area contributed by atoms with Crippen molar-refractivity contribution in [2.24, 2.45) is 0 Å². The molecule has 1 aromatic carbocycles. The molecule has 3 nitrogen and oxygen atoms in total. The summed E-state index contributed by atoms with van der Waals surface area (Å²) < 4.78 is 0. The van der Waals surface area contributed by atoms with Crippen molar-refractivity contribution in [1.82, 2.24) is 10.2 Å². The number of hydrogen-bond acceptors (Lipinski definition) is 2. The third-order valence-corrected chi connectivity index (χ3v) is 2.36. The van der Waals surface area contributed by atoms with E-state index in [-0.39, 0.29) is 11.9 Å². The van der Waals surface area contributed by atoms with Crippen LogP contribution in [0.1, 0.15) is 18.5 Å². The zero-order chi connectivity index (χ0) is 11.3. The lowest BCUT2D eigenvalue weighted by molar-refractivity contribution is -0.127. The Morgan fingerprint density at radius 1 is 1.33 bits per heavy atom. The zero-order valence-electron chi connectivity index (χ0n) is 9.53. The molecule has 0 aliphatic heterocycles. The molecule has 0 heterocycles. The van der Waals surface area contributed by atoms with E-state index in [4.69, 9.17) is 0 Å². The number of amides is 1. The largest absolute Gasteiger partial charge is 0.348 e. The van der Waals surface area contributed by atoms with Crippen LogP contribution in [0, 0.1) is 0 Å².